The van der Waals surface area contributed by atoms with Gasteiger partial charge in [0.25, 0.3) is 0 Å². The Morgan fingerprint density at radius 3 is 1.64 bits per heavy atom. The van der Waals surface area contributed by atoms with Gasteiger partial charge in [0.05, 0.1) is 22.7 Å². The van der Waals surface area contributed by atoms with Gasteiger partial charge >= 0.3 is 0 Å². The van der Waals surface area contributed by atoms with Gasteiger partial charge in [-0.25, -0.2) is 0 Å². The van der Waals surface area contributed by atoms with Crippen LogP contribution in [-0.2, 0) is 0 Å². The van der Waals surface area contributed by atoms with Gasteiger partial charge < -0.3 is 4.57 Å². The zero-order chi connectivity index (χ0) is 36.2. The molecule has 0 aliphatic heterocycles. The summed E-state index contributed by atoms with van der Waals surface area (Å²) in [6, 6.07) is 68.6. The summed E-state index contributed by atoms with van der Waals surface area (Å²) in [6.45, 7) is 0. The van der Waals surface area contributed by atoms with Gasteiger partial charge in [0.2, 0.25) is 0 Å². The van der Waals surface area contributed by atoms with Crippen LogP contribution in [0.5, 0.6) is 0 Å². The average Bonchev–Trinajstić information content (AvgIpc) is 3.60. The maximum absolute atomic E-state index is 10.1. The van der Waals surface area contributed by atoms with Crippen molar-refractivity contribution in [1.29, 1.82) is 5.26 Å². The monoisotopic (exact) mass is 694 g/mol. The second-order valence-electron chi connectivity index (χ2n) is 14.7. The van der Waals surface area contributed by atoms with Gasteiger partial charge in [0.1, 0.15) is 0 Å². The molecule has 2 nitrogen and oxygen atoms in total. The molecule has 0 radical (unpaired) electrons. The highest BCUT2D eigenvalue weighted by Gasteiger charge is 2.21. The lowest BCUT2D eigenvalue weighted by molar-refractivity contribution is 1.18. The molecule has 0 saturated heterocycles. The minimum Gasteiger partial charge on any atom is -0.309 e. The Morgan fingerprint density at radius 2 is 0.873 bits per heavy atom. The molecule has 0 atom stereocenters. The van der Waals surface area contributed by atoms with Gasteiger partial charge in [0.15, 0.2) is 0 Å². The number of hydrogen-bond acceptors (Lipinski definition) is 1. The summed E-state index contributed by atoms with van der Waals surface area (Å²) in [7, 11) is 0. The van der Waals surface area contributed by atoms with Crippen molar-refractivity contribution in [2.24, 2.45) is 0 Å². The molecule has 0 fully saturated rings. The van der Waals surface area contributed by atoms with Gasteiger partial charge in [0, 0.05) is 21.8 Å². The molecule has 0 unspecified atom stereocenters. The number of hydrogen-bond donors (Lipinski definition) is 0. The fourth-order valence-corrected chi connectivity index (χ4v) is 9.56. The van der Waals surface area contributed by atoms with E-state index in [1.165, 1.54) is 87.2 Å². The highest BCUT2D eigenvalue weighted by molar-refractivity contribution is 6.29. The zero-order valence-corrected chi connectivity index (χ0v) is 29.7. The standard InChI is InChI=1S/C53H30N2/c54-31-37-20-28-48-52-42(37)25-26-46-41(27-29-49(53(46)52)55(48)38-12-2-1-3-13-38)36-11-6-10-35(30-36)40-21-16-33-19-24-47-44(22-17-34-18-23-45(40)50(33)51(34)47)43-15-7-9-32-8-4-5-14-39(32)43/h1-30H. The van der Waals surface area contributed by atoms with Crippen molar-refractivity contribution in [1.82, 2.24) is 4.57 Å². The Morgan fingerprint density at radius 1 is 0.345 bits per heavy atom. The summed E-state index contributed by atoms with van der Waals surface area (Å²) < 4.78 is 2.34. The fourth-order valence-electron chi connectivity index (χ4n) is 9.56. The lowest BCUT2D eigenvalue weighted by Gasteiger charge is -2.17. The van der Waals surface area contributed by atoms with Crippen molar-refractivity contribution in [3.05, 3.63) is 188 Å². The lowest BCUT2D eigenvalue weighted by Crippen LogP contribution is -1.93. The number of fused-ring (bicyclic) bond motifs is 1. The molecule has 0 saturated carbocycles. The Balaban J connectivity index is 1.06. The van der Waals surface area contributed by atoms with Crippen LogP contribution in [0.15, 0.2) is 182 Å². The van der Waals surface area contributed by atoms with Gasteiger partial charge in [-0.05, 0) is 118 Å². The topological polar surface area (TPSA) is 28.7 Å². The first-order chi connectivity index (χ1) is 27.2. The Hall–Kier alpha value is -7.47. The highest BCUT2D eigenvalue weighted by atomic mass is 15.0. The molecule has 11 aromatic carbocycles. The molecule has 1 heterocycles. The van der Waals surface area contributed by atoms with Gasteiger partial charge in [-0.2, -0.15) is 5.26 Å². The number of nitriles is 1. The molecule has 2 heteroatoms. The number of para-hydroxylation sites is 1. The van der Waals surface area contributed by atoms with E-state index in [0.29, 0.717) is 5.56 Å². The molecule has 55 heavy (non-hydrogen) atoms. The molecule has 1 aromatic heterocycles. The van der Waals surface area contributed by atoms with Crippen molar-refractivity contribution < 1.29 is 0 Å². The maximum Gasteiger partial charge on any atom is 0.0998 e. The minimum absolute atomic E-state index is 0.701. The van der Waals surface area contributed by atoms with Crippen molar-refractivity contribution in [3.63, 3.8) is 0 Å². The molecular weight excluding hydrogens is 665 g/mol. The summed E-state index contributed by atoms with van der Waals surface area (Å²) in [6.07, 6.45) is 0. The van der Waals surface area contributed by atoms with E-state index in [1.807, 2.05) is 6.07 Å². The number of nitrogens with zero attached hydrogens (tertiary/aromatic N) is 2. The molecule has 252 valence electrons. The molecule has 0 amide bonds. The minimum atomic E-state index is 0.701. The van der Waals surface area contributed by atoms with Crippen molar-refractivity contribution >= 4 is 75.7 Å². The summed E-state index contributed by atoms with van der Waals surface area (Å²) in [5.74, 6) is 0. The van der Waals surface area contributed by atoms with E-state index in [4.69, 9.17) is 0 Å². The fraction of sp³-hybridized carbons (Fsp3) is 0. The predicted octanol–water partition coefficient (Wildman–Crippen LogP) is 14.3. The van der Waals surface area contributed by atoms with Crippen LogP contribution in [0.1, 0.15) is 5.56 Å². The lowest BCUT2D eigenvalue weighted by atomic mass is 9.86. The van der Waals surface area contributed by atoms with E-state index < -0.39 is 0 Å². The SMILES string of the molecule is N#Cc1ccc2c3c1ccc1c(-c4cccc(-c5ccc6ccc7c(-c8cccc9ccccc89)ccc8ccc5c6c87)c4)ccc(c13)n2-c1ccccc1. The first kappa shape index (κ1) is 30.0. The molecule has 0 N–H and O–H groups in total. The number of rotatable bonds is 4. The summed E-state index contributed by atoms with van der Waals surface area (Å²) in [5.41, 5.74) is 11.4. The van der Waals surface area contributed by atoms with E-state index in [2.05, 4.69) is 187 Å². The third kappa shape index (κ3) is 4.18. The van der Waals surface area contributed by atoms with Crippen LogP contribution < -0.4 is 0 Å². The highest BCUT2D eigenvalue weighted by Crippen LogP contribution is 2.46. The molecule has 0 aliphatic rings. The van der Waals surface area contributed by atoms with Crippen molar-refractivity contribution in [3.8, 4) is 45.1 Å². The van der Waals surface area contributed by atoms with Gasteiger partial charge in [-0.3, -0.25) is 0 Å². The van der Waals surface area contributed by atoms with Crippen molar-refractivity contribution in [2.45, 2.75) is 0 Å². The van der Waals surface area contributed by atoms with Crippen LogP contribution in [-0.4, -0.2) is 4.57 Å². The van der Waals surface area contributed by atoms with Gasteiger partial charge in [-0.1, -0.05) is 146 Å². The smallest absolute Gasteiger partial charge is 0.0998 e. The van der Waals surface area contributed by atoms with Crippen LogP contribution in [0.4, 0.5) is 0 Å². The van der Waals surface area contributed by atoms with Gasteiger partial charge in [-0.15, -0.1) is 0 Å². The first-order valence-corrected chi connectivity index (χ1v) is 18.8. The van der Waals surface area contributed by atoms with E-state index in [9.17, 15) is 5.26 Å². The second kappa shape index (κ2) is 11.3. The Kier molecular flexibility index (Phi) is 6.15. The molecule has 0 aliphatic carbocycles. The number of benzene rings is 11. The van der Waals surface area contributed by atoms with E-state index in [1.54, 1.807) is 0 Å². The van der Waals surface area contributed by atoms with Crippen LogP contribution in [0.3, 0.4) is 0 Å². The zero-order valence-electron chi connectivity index (χ0n) is 29.7. The van der Waals surface area contributed by atoms with Crippen LogP contribution in [0.25, 0.3) is 115 Å². The second-order valence-corrected chi connectivity index (χ2v) is 14.7. The summed E-state index contributed by atoms with van der Waals surface area (Å²) >= 11 is 0. The molecule has 12 aromatic rings. The normalized spacial score (nSPS) is 12.0. The number of aromatic nitrogens is 1. The first-order valence-electron chi connectivity index (χ1n) is 18.8. The molecule has 0 spiro atoms. The largest absolute Gasteiger partial charge is 0.309 e. The van der Waals surface area contributed by atoms with Crippen LogP contribution in [0, 0.1) is 11.3 Å². The summed E-state index contributed by atoms with van der Waals surface area (Å²) in [4.78, 5) is 0. The third-order valence-corrected chi connectivity index (χ3v) is 12.0. The summed E-state index contributed by atoms with van der Waals surface area (Å²) in [5, 5.41) is 24.8. The average molecular weight is 695 g/mol. The van der Waals surface area contributed by atoms with Crippen LogP contribution >= 0.6 is 0 Å². The van der Waals surface area contributed by atoms with E-state index in [-0.39, 0.29) is 0 Å². The van der Waals surface area contributed by atoms with E-state index >= 15 is 0 Å². The molecular formula is C53H30N2. The molecule has 12 rings (SSSR count). The van der Waals surface area contributed by atoms with Crippen LogP contribution in [0.2, 0.25) is 0 Å². The van der Waals surface area contributed by atoms with Crippen molar-refractivity contribution in [2.75, 3.05) is 0 Å². The molecule has 0 bridgehead atoms. The maximum atomic E-state index is 10.1. The predicted molar refractivity (Wildman–Crippen MR) is 232 cm³/mol. The Labute approximate surface area is 317 Å². The quantitative estimate of drug-likeness (QED) is 0.169. The van der Waals surface area contributed by atoms with E-state index in [0.717, 1.165) is 27.5 Å². The third-order valence-electron chi connectivity index (χ3n) is 12.0. The Bertz CT molecular complexity index is 3540.